The number of aliphatic hydroxyl groups excluding tert-OH is 1. The number of halogens is 1. The number of carboxylic acids is 1. The maximum Gasteiger partial charge on any atom is 0.303 e. The monoisotopic (exact) mass is 336 g/mol. The molecule has 0 radical (unpaired) electrons. The summed E-state index contributed by atoms with van der Waals surface area (Å²) in [6.45, 7) is 0.648. The Hall–Kier alpha value is -2.60. The maximum absolute atomic E-state index is 12.9. The van der Waals surface area contributed by atoms with Crippen LogP contribution >= 0.6 is 0 Å². The topological polar surface area (TPSA) is 76.0 Å². The lowest BCUT2D eigenvalue weighted by Gasteiger charge is -2.09. The van der Waals surface area contributed by atoms with Gasteiger partial charge in [0.05, 0.1) is 0 Å². The smallest absolute Gasteiger partial charge is 0.303 e. The molecule has 0 fully saturated rings. The normalized spacial score (nSPS) is 9.62. The fourth-order valence-corrected chi connectivity index (χ4v) is 1.88. The quantitative estimate of drug-likeness (QED) is 0.725. The third-order valence-corrected chi connectivity index (χ3v) is 2.97. The molecule has 0 aromatic heterocycles. The highest BCUT2D eigenvalue weighted by atomic mass is 19.1. The van der Waals surface area contributed by atoms with Crippen molar-refractivity contribution in [3.8, 4) is 11.5 Å². The van der Waals surface area contributed by atoms with Gasteiger partial charge in [0, 0.05) is 19.6 Å². The highest BCUT2D eigenvalue weighted by molar-refractivity contribution is 5.67. The van der Waals surface area contributed by atoms with E-state index >= 15 is 0 Å². The van der Waals surface area contributed by atoms with Crippen LogP contribution in [0.15, 0.2) is 48.5 Å². The van der Waals surface area contributed by atoms with Crippen molar-refractivity contribution < 1.29 is 28.9 Å². The fraction of sp³-hybridized carbons (Fsp3) is 0.278. The van der Waals surface area contributed by atoms with Crippen LogP contribution in [-0.2, 0) is 11.2 Å². The minimum absolute atomic E-state index is 0.113. The van der Waals surface area contributed by atoms with Gasteiger partial charge in [-0.2, -0.15) is 0 Å². The summed E-state index contributed by atoms with van der Waals surface area (Å²) in [5.41, 5.74) is 0.950. The number of benzene rings is 2. The van der Waals surface area contributed by atoms with Crippen LogP contribution in [0.5, 0.6) is 11.5 Å². The molecule has 0 bridgehead atoms. The fourth-order valence-electron chi connectivity index (χ4n) is 1.88. The molecule has 0 atom stereocenters. The standard InChI is InChI=1S/C17H17FO4.CH4O/c18-14-2-1-3-16(12-14)22-11-10-21-15-7-4-13(5-8-15)6-9-17(19)20;1-2/h1-5,7-8,12H,6,9-11H2,(H,19,20);2H,1H3. The first-order valence-corrected chi connectivity index (χ1v) is 7.40. The summed E-state index contributed by atoms with van der Waals surface area (Å²) >= 11 is 0. The molecule has 130 valence electrons. The first-order chi connectivity index (χ1) is 11.6. The van der Waals surface area contributed by atoms with Gasteiger partial charge < -0.3 is 19.7 Å². The Bertz CT molecular complexity index is 613. The average Bonchev–Trinajstić information content (AvgIpc) is 2.60. The SMILES string of the molecule is CO.O=C(O)CCc1ccc(OCCOc2cccc(F)c2)cc1. The van der Waals surface area contributed by atoms with Crippen molar-refractivity contribution >= 4 is 5.97 Å². The summed E-state index contributed by atoms with van der Waals surface area (Å²) in [7, 11) is 1.00. The molecular formula is C18H21FO5. The molecule has 6 heteroatoms. The first kappa shape index (κ1) is 19.4. The van der Waals surface area contributed by atoms with Crippen LogP contribution in [0.1, 0.15) is 12.0 Å². The summed E-state index contributed by atoms with van der Waals surface area (Å²) in [5.74, 6) is -0.000252. The van der Waals surface area contributed by atoms with Crippen molar-refractivity contribution in [3.63, 3.8) is 0 Å². The van der Waals surface area contributed by atoms with E-state index < -0.39 is 5.97 Å². The minimum Gasteiger partial charge on any atom is -0.490 e. The number of aliphatic hydroxyl groups is 1. The highest BCUT2D eigenvalue weighted by Crippen LogP contribution is 2.14. The predicted octanol–water partition coefficient (Wildman–Crippen LogP) is 2.91. The molecule has 0 aliphatic heterocycles. The zero-order valence-corrected chi connectivity index (χ0v) is 13.4. The zero-order valence-electron chi connectivity index (χ0n) is 13.4. The van der Waals surface area contributed by atoms with Crippen LogP contribution in [0.4, 0.5) is 4.39 Å². The summed E-state index contributed by atoms with van der Waals surface area (Å²) in [6, 6.07) is 13.2. The van der Waals surface area contributed by atoms with E-state index in [0.29, 0.717) is 31.1 Å². The van der Waals surface area contributed by atoms with Crippen molar-refractivity contribution in [1.29, 1.82) is 0 Å². The number of rotatable bonds is 8. The van der Waals surface area contributed by atoms with Gasteiger partial charge in [0.1, 0.15) is 30.5 Å². The number of carbonyl (C=O) groups is 1. The molecule has 2 aromatic rings. The number of aryl methyl sites for hydroxylation is 1. The summed E-state index contributed by atoms with van der Waals surface area (Å²) in [5, 5.41) is 15.6. The number of carboxylic acid groups (broad SMARTS) is 1. The Morgan fingerprint density at radius 3 is 2.21 bits per heavy atom. The summed E-state index contributed by atoms with van der Waals surface area (Å²) in [4.78, 5) is 10.5. The second-order valence-corrected chi connectivity index (χ2v) is 4.69. The van der Waals surface area contributed by atoms with Gasteiger partial charge in [-0.1, -0.05) is 18.2 Å². The number of hydrogen-bond acceptors (Lipinski definition) is 4. The largest absolute Gasteiger partial charge is 0.490 e. The molecule has 5 nitrogen and oxygen atoms in total. The van der Waals surface area contributed by atoms with E-state index in [0.717, 1.165) is 12.7 Å². The summed E-state index contributed by atoms with van der Waals surface area (Å²) < 4.78 is 23.8. The van der Waals surface area contributed by atoms with E-state index in [2.05, 4.69) is 0 Å². The molecule has 2 rings (SSSR count). The summed E-state index contributed by atoms with van der Waals surface area (Å²) in [6.07, 6.45) is 0.611. The lowest BCUT2D eigenvalue weighted by atomic mass is 10.1. The Morgan fingerprint density at radius 1 is 1.00 bits per heavy atom. The molecule has 0 aliphatic rings. The second kappa shape index (κ2) is 11.0. The van der Waals surface area contributed by atoms with Crippen molar-refractivity contribution in [3.05, 3.63) is 59.9 Å². The Labute approximate surface area is 140 Å². The Kier molecular flexibility index (Phi) is 8.93. The van der Waals surface area contributed by atoms with Gasteiger partial charge in [0.25, 0.3) is 0 Å². The molecule has 2 aromatic carbocycles. The van der Waals surface area contributed by atoms with Crippen molar-refractivity contribution in [2.45, 2.75) is 12.8 Å². The number of ether oxygens (including phenoxy) is 2. The van der Waals surface area contributed by atoms with Crippen LogP contribution in [0.25, 0.3) is 0 Å². The van der Waals surface area contributed by atoms with Crippen molar-refractivity contribution in [1.82, 2.24) is 0 Å². The average molecular weight is 336 g/mol. The predicted molar refractivity (Wildman–Crippen MR) is 87.9 cm³/mol. The van der Waals surface area contributed by atoms with E-state index in [1.54, 1.807) is 24.3 Å². The molecule has 0 unspecified atom stereocenters. The van der Waals surface area contributed by atoms with E-state index in [-0.39, 0.29) is 12.2 Å². The van der Waals surface area contributed by atoms with Gasteiger partial charge >= 0.3 is 5.97 Å². The van der Waals surface area contributed by atoms with Crippen molar-refractivity contribution in [2.75, 3.05) is 20.3 Å². The van der Waals surface area contributed by atoms with Gasteiger partial charge in [-0.05, 0) is 36.2 Å². The van der Waals surface area contributed by atoms with Crippen LogP contribution in [0.3, 0.4) is 0 Å². The van der Waals surface area contributed by atoms with E-state index in [4.69, 9.17) is 19.7 Å². The lowest BCUT2D eigenvalue weighted by Crippen LogP contribution is -2.09. The van der Waals surface area contributed by atoms with Gasteiger partial charge in [0.2, 0.25) is 0 Å². The minimum atomic E-state index is -0.810. The van der Waals surface area contributed by atoms with Gasteiger partial charge in [-0.3, -0.25) is 4.79 Å². The molecule has 24 heavy (non-hydrogen) atoms. The van der Waals surface area contributed by atoms with Gasteiger partial charge in [-0.25, -0.2) is 4.39 Å². The van der Waals surface area contributed by atoms with Crippen LogP contribution < -0.4 is 9.47 Å². The maximum atomic E-state index is 12.9. The number of aliphatic carboxylic acids is 1. The molecule has 0 saturated carbocycles. The number of hydrogen-bond donors (Lipinski definition) is 2. The molecular weight excluding hydrogens is 315 g/mol. The van der Waals surface area contributed by atoms with Gasteiger partial charge in [0.15, 0.2) is 0 Å². The van der Waals surface area contributed by atoms with Crippen LogP contribution in [-0.4, -0.2) is 36.5 Å². The molecule has 2 N–H and O–H groups in total. The Morgan fingerprint density at radius 2 is 1.62 bits per heavy atom. The molecule has 0 spiro atoms. The highest BCUT2D eigenvalue weighted by Gasteiger charge is 2.00. The van der Waals surface area contributed by atoms with E-state index in [1.165, 1.54) is 12.1 Å². The lowest BCUT2D eigenvalue weighted by molar-refractivity contribution is -0.136. The molecule has 0 saturated heterocycles. The zero-order chi connectivity index (χ0) is 17.8. The molecule has 0 aliphatic carbocycles. The van der Waals surface area contributed by atoms with Crippen molar-refractivity contribution in [2.24, 2.45) is 0 Å². The van der Waals surface area contributed by atoms with E-state index in [9.17, 15) is 9.18 Å². The molecule has 0 heterocycles. The third-order valence-electron chi connectivity index (χ3n) is 2.97. The van der Waals surface area contributed by atoms with Gasteiger partial charge in [-0.15, -0.1) is 0 Å². The first-order valence-electron chi connectivity index (χ1n) is 7.40. The third kappa shape index (κ3) is 7.60. The molecule has 0 amide bonds. The van der Waals surface area contributed by atoms with Crippen LogP contribution in [0.2, 0.25) is 0 Å². The van der Waals surface area contributed by atoms with Crippen LogP contribution in [0, 0.1) is 5.82 Å². The van der Waals surface area contributed by atoms with E-state index in [1.807, 2.05) is 12.1 Å². The Balaban J connectivity index is 0.00000139. The second-order valence-electron chi connectivity index (χ2n) is 4.69.